The van der Waals surface area contributed by atoms with Gasteiger partial charge in [-0.3, -0.25) is 0 Å². The molecule has 0 fully saturated rings. The monoisotopic (exact) mass is 280 g/mol. The first-order valence-electron chi connectivity index (χ1n) is 6.08. The van der Waals surface area contributed by atoms with Gasteiger partial charge in [-0.2, -0.15) is 0 Å². The number of nitrogen functional groups attached to an aromatic ring is 1. The molecule has 2 rings (SSSR count). The Hall–Kier alpha value is -1.75. The fourth-order valence-electron chi connectivity index (χ4n) is 1.66. The summed E-state index contributed by atoms with van der Waals surface area (Å²) >= 11 is 1.66. The highest BCUT2D eigenvalue weighted by molar-refractivity contribution is 7.09. The van der Waals surface area contributed by atoms with E-state index in [1.165, 1.54) is 10.9 Å². The van der Waals surface area contributed by atoms with Crippen molar-refractivity contribution in [2.75, 3.05) is 11.1 Å². The molecule has 1 aromatic carbocycles. The molecule has 5 heteroatoms. The molecule has 2 aromatic rings. The van der Waals surface area contributed by atoms with Crippen molar-refractivity contribution in [2.24, 2.45) is 0 Å². The van der Waals surface area contributed by atoms with Gasteiger partial charge in [0.15, 0.2) is 11.6 Å². The molecule has 0 aliphatic rings. The smallest absolute Gasteiger partial charge is 0.167 e. The number of hydrogen-bond donors (Lipinski definition) is 2. The van der Waals surface area contributed by atoms with Crippen LogP contribution in [-0.4, -0.2) is 6.10 Å². The van der Waals surface area contributed by atoms with Gasteiger partial charge < -0.3 is 15.8 Å². The topological polar surface area (TPSA) is 47.3 Å². The predicted molar refractivity (Wildman–Crippen MR) is 78.2 cm³/mol. The van der Waals surface area contributed by atoms with E-state index in [9.17, 15) is 4.39 Å². The number of benzene rings is 1. The van der Waals surface area contributed by atoms with E-state index in [0.29, 0.717) is 17.9 Å². The molecular weight excluding hydrogens is 263 g/mol. The molecule has 1 heterocycles. The van der Waals surface area contributed by atoms with E-state index in [2.05, 4.69) is 5.32 Å². The Labute approximate surface area is 116 Å². The Bertz CT molecular complexity index is 541. The van der Waals surface area contributed by atoms with Crippen molar-refractivity contribution in [1.82, 2.24) is 0 Å². The first-order chi connectivity index (χ1) is 9.06. The van der Waals surface area contributed by atoms with Crippen molar-refractivity contribution in [2.45, 2.75) is 26.5 Å². The SMILES string of the molecule is CC(C)Oc1cc(NCc2cccs2)c(N)cc1F. The number of nitrogens with two attached hydrogens (primary N) is 1. The summed E-state index contributed by atoms with van der Waals surface area (Å²) in [5.74, 6) is -0.217. The van der Waals surface area contributed by atoms with Crippen LogP contribution in [0.4, 0.5) is 15.8 Å². The average molecular weight is 280 g/mol. The van der Waals surface area contributed by atoms with Crippen molar-refractivity contribution in [3.05, 3.63) is 40.3 Å². The standard InChI is InChI=1S/C14H17FN2OS/c1-9(2)18-14-7-13(12(16)6-11(14)15)17-8-10-4-3-5-19-10/h3-7,9,17H,8,16H2,1-2H3. The molecule has 19 heavy (non-hydrogen) atoms. The molecule has 0 bridgehead atoms. The van der Waals surface area contributed by atoms with Crippen molar-refractivity contribution in [1.29, 1.82) is 0 Å². The van der Waals surface area contributed by atoms with E-state index >= 15 is 0 Å². The Morgan fingerprint density at radius 3 is 2.84 bits per heavy atom. The molecule has 0 spiro atoms. The second-order valence-electron chi connectivity index (χ2n) is 4.47. The fraction of sp³-hybridized carbons (Fsp3) is 0.286. The molecule has 0 saturated carbocycles. The highest BCUT2D eigenvalue weighted by Crippen LogP contribution is 2.29. The van der Waals surface area contributed by atoms with Gasteiger partial charge in [0.2, 0.25) is 0 Å². The van der Waals surface area contributed by atoms with Gasteiger partial charge in [-0.15, -0.1) is 11.3 Å². The van der Waals surface area contributed by atoms with Gasteiger partial charge in [-0.1, -0.05) is 6.07 Å². The zero-order valence-corrected chi connectivity index (χ0v) is 11.8. The number of ether oxygens (including phenoxy) is 1. The molecule has 102 valence electrons. The third kappa shape index (κ3) is 3.61. The molecular formula is C14H17FN2OS. The normalized spacial score (nSPS) is 10.7. The number of hydrogen-bond acceptors (Lipinski definition) is 4. The molecule has 0 aliphatic heterocycles. The molecule has 3 nitrogen and oxygen atoms in total. The lowest BCUT2D eigenvalue weighted by atomic mass is 10.2. The molecule has 0 amide bonds. The Kier molecular flexibility index (Phi) is 4.27. The number of anilines is 2. The molecule has 1 aromatic heterocycles. The van der Waals surface area contributed by atoms with Crippen LogP contribution in [0.1, 0.15) is 18.7 Å². The van der Waals surface area contributed by atoms with E-state index in [1.807, 2.05) is 31.4 Å². The zero-order valence-electron chi connectivity index (χ0n) is 10.9. The fourth-order valence-corrected chi connectivity index (χ4v) is 2.31. The first-order valence-corrected chi connectivity index (χ1v) is 6.96. The highest BCUT2D eigenvalue weighted by Gasteiger charge is 2.10. The number of halogens is 1. The van der Waals surface area contributed by atoms with Crippen LogP contribution in [0.15, 0.2) is 29.6 Å². The summed E-state index contributed by atoms with van der Waals surface area (Å²) in [4.78, 5) is 1.19. The third-order valence-corrected chi connectivity index (χ3v) is 3.38. The molecule has 0 radical (unpaired) electrons. The van der Waals surface area contributed by atoms with Gasteiger partial charge in [-0.05, 0) is 25.3 Å². The summed E-state index contributed by atoms with van der Waals surface area (Å²) < 4.78 is 19.1. The van der Waals surface area contributed by atoms with Gasteiger partial charge in [-0.25, -0.2) is 4.39 Å². The van der Waals surface area contributed by atoms with Crippen LogP contribution in [-0.2, 0) is 6.54 Å². The lowest BCUT2D eigenvalue weighted by molar-refractivity contribution is 0.231. The van der Waals surface area contributed by atoms with Crippen LogP contribution in [0.2, 0.25) is 0 Å². The van der Waals surface area contributed by atoms with Crippen LogP contribution in [0.25, 0.3) is 0 Å². The third-order valence-electron chi connectivity index (χ3n) is 2.50. The lowest BCUT2D eigenvalue weighted by Crippen LogP contribution is -2.09. The molecule has 0 aliphatic carbocycles. The molecule has 0 saturated heterocycles. The number of nitrogens with one attached hydrogen (secondary N) is 1. The first kappa shape index (κ1) is 13.7. The number of thiophene rings is 1. The van der Waals surface area contributed by atoms with E-state index in [0.717, 1.165) is 0 Å². The highest BCUT2D eigenvalue weighted by atomic mass is 32.1. The summed E-state index contributed by atoms with van der Waals surface area (Å²) in [5, 5.41) is 5.21. The predicted octanol–water partition coefficient (Wildman–Crippen LogP) is 3.87. The Balaban J connectivity index is 2.15. The molecule has 3 N–H and O–H groups in total. The van der Waals surface area contributed by atoms with E-state index in [-0.39, 0.29) is 11.9 Å². The molecule has 0 atom stereocenters. The van der Waals surface area contributed by atoms with Crippen LogP contribution in [0, 0.1) is 5.82 Å². The summed E-state index contributed by atoms with van der Waals surface area (Å²) in [6.07, 6.45) is -0.0803. The van der Waals surface area contributed by atoms with Crippen molar-refractivity contribution in [3.8, 4) is 5.75 Å². The van der Waals surface area contributed by atoms with Gasteiger partial charge in [0.1, 0.15) is 0 Å². The summed E-state index contributed by atoms with van der Waals surface area (Å²) in [6.45, 7) is 4.37. The average Bonchev–Trinajstić information content (AvgIpc) is 2.83. The van der Waals surface area contributed by atoms with E-state index in [4.69, 9.17) is 10.5 Å². The van der Waals surface area contributed by atoms with Crippen molar-refractivity contribution in [3.63, 3.8) is 0 Å². The van der Waals surface area contributed by atoms with E-state index < -0.39 is 5.82 Å². The maximum absolute atomic E-state index is 13.7. The van der Waals surface area contributed by atoms with Crippen LogP contribution >= 0.6 is 11.3 Å². The maximum atomic E-state index is 13.7. The minimum atomic E-state index is -0.437. The van der Waals surface area contributed by atoms with Gasteiger partial charge in [0.05, 0.1) is 17.5 Å². The van der Waals surface area contributed by atoms with Gasteiger partial charge in [0.25, 0.3) is 0 Å². The second-order valence-corrected chi connectivity index (χ2v) is 5.50. The summed E-state index contributed by atoms with van der Waals surface area (Å²) in [5.41, 5.74) is 6.87. The van der Waals surface area contributed by atoms with Crippen LogP contribution in [0.5, 0.6) is 5.75 Å². The summed E-state index contributed by atoms with van der Waals surface area (Å²) in [6, 6.07) is 6.92. The Morgan fingerprint density at radius 2 is 2.21 bits per heavy atom. The lowest BCUT2D eigenvalue weighted by Gasteiger charge is -2.14. The minimum Gasteiger partial charge on any atom is -0.488 e. The second kappa shape index (κ2) is 5.93. The Morgan fingerprint density at radius 1 is 1.42 bits per heavy atom. The quantitative estimate of drug-likeness (QED) is 0.817. The largest absolute Gasteiger partial charge is 0.488 e. The molecule has 0 unspecified atom stereocenters. The zero-order chi connectivity index (χ0) is 13.8. The van der Waals surface area contributed by atoms with Crippen molar-refractivity contribution >= 4 is 22.7 Å². The number of rotatable bonds is 5. The van der Waals surface area contributed by atoms with Gasteiger partial charge in [0, 0.05) is 23.6 Å². The van der Waals surface area contributed by atoms with E-state index in [1.54, 1.807) is 17.4 Å². The van der Waals surface area contributed by atoms with Gasteiger partial charge >= 0.3 is 0 Å². The van der Waals surface area contributed by atoms with Crippen LogP contribution in [0.3, 0.4) is 0 Å². The maximum Gasteiger partial charge on any atom is 0.167 e. The summed E-state index contributed by atoms with van der Waals surface area (Å²) in [7, 11) is 0. The minimum absolute atomic E-state index is 0.0803. The van der Waals surface area contributed by atoms with Crippen molar-refractivity contribution < 1.29 is 9.13 Å². The van der Waals surface area contributed by atoms with Crippen LogP contribution < -0.4 is 15.8 Å².